The minimum Gasteiger partial charge on any atom is -0.490 e. The Kier molecular flexibility index (Phi) is 8.37. The topological polar surface area (TPSA) is 144 Å². The first kappa shape index (κ1) is 25.0. The van der Waals surface area contributed by atoms with Crippen molar-refractivity contribution < 1.29 is 31.3 Å². The van der Waals surface area contributed by atoms with E-state index in [-0.39, 0.29) is 42.6 Å². The molecule has 1 amide bonds. The van der Waals surface area contributed by atoms with Gasteiger partial charge in [-0.1, -0.05) is 19.8 Å². The van der Waals surface area contributed by atoms with Gasteiger partial charge in [0, 0.05) is 32.2 Å². The summed E-state index contributed by atoms with van der Waals surface area (Å²) in [7, 11) is -6.28. The van der Waals surface area contributed by atoms with Gasteiger partial charge in [0.05, 0.1) is 22.7 Å². The Hall–Kier alpha value is -2.25. The number of hydrogen-bond acceptors (Lipinski definition) is 8. The third-order valence-electron chi connectivity index (χ3n) is 4.98. The fraction of sp³-hybridized carbons (Fsp3) is 0.611. The van der Waals surface area contributed by atoms with Gasteiger partial charge in [0.1, 0.15) is 5.75 Å². The molecule has 1 aromatic carbocycles. The maximum Gasteiger partial charge on any atom is 0.312 e. The summed E-state index contributed by atoms with van der Waals surface area (Å²) in [4.78, 5) is 23.9. The van der Waals surface area contributed by atoms with Crippen molar-refractivity contribution in [3.63, 3.8) is 0 Å². The molecule has 2 rings (SSSR count). The van der Waals surface area contributed by atoms with Gasteiger partial charge in [-0.05, 0) is 18.6 Å². The van der Waals surface area contributed by atoms with Crippen LogP contribution in [0.3, 0.4) is 0 Å². The molecule has 0 bridgehead atoms. The van der Waals surface area contributed by atoms with Crippen LogP contribution in [0.2, 0.25) is 0 Å². The molecule has 0 atom stereocenters. The molecule has 1 aromatic rings. The Labute approximate surface area is 182 Å². The van der Waals surface area contributed by atoms with Gasteiger partial charge in [-0.3, -0.25) is 14.9 Å². The molecule has 11 nitrogen and oxygen atoms in total. The van der Waals surface area contributed by atoms with Crippen LogP contribution in [0.25, 0.3) is 0 Å². The molecule has 0 saturated carbocycles. The Balaban J connectivity index is 2.04. The van der Waals surface area contributed by atoms with Crippen molar-refractivity contribution in [2.24, 2.45) is 0 Å². The lowest BCUT2D eigenvalue weighted by Crippen LogP contribution is -2.51. The number of methoxy groups -OCH3 is 1. The van der Waals surface area contributed by atoms with E-state index in [1.807, 2.05) is 6.92 Å². The summed E-state index contributed by atoms with van der Waals surface area (Å²) >= 11 is 0. The van der Waals surface area contributed by atoms with Gasteiger partial charge in [0.25, 0.3) is 0 Å². The van der Waals surface area contributed by atoms with Crippen molar-refractivity contribution in [1.29, 1.82) is 0 Å². The van der Waals surface area contributed by atoms with Gasteiger partial charge in [-0.15, -0.1) is 0 Å². The number of hydrogen-bond donors (Lipinski definition) is 0. The number of unbranched alkanes of at least 4 members (excludes halogenated alkanes) is 2. The number of amides is 1. The molecule has 0 unspecified atom stereocenters. The Morgan fingerprint density at radius 2 is 1.77 bits per heavy atom. The van der Waals surface area contributed by atoms with E-state index in [0.29, 0.717) is 6.42 Å². The van der Waals surface area contributed by atoms with E-state index in [2.05, 4.69) is 0 Å². The molecule has 1 fully saturated rings. The SMILES string of the molecule is CCCCCS(=O)(=O)CC(=O)N1CCN(S(=O)(=O)c2ccc(OC)c([N+](=O)[O-])c2)CC1. The highest BCUT2D eigenvalue weighted by Gasteiger charge is 2.32. The molecule has 0 aromatic heterocycles. The summed E-state index contributed by atoms with van der Waals surface area (Å²) in [5, 5.41) is 11.2. The summed E-state index contributed by atoms with van der Waals surface area (Å²) in [5.41, 5.74) is -0.467. The average Bonchev–Trinajstić information content (AvgIpc) is 2.73. The fourth-order valence-electron chi connectivity index (χ4n) is 3.22. The van der Waals surface area contributed by atoms with E-state index in [4.69, 9.17) is 4.74 Å². The summed E-state index contributed by atoms with van der Waals surface area (Å²) in [6, 6.07) is 3.38. The normalized spacial score (nSPS) is 15.6. The van der Waals surface area contributed by atoms with Crippen molar-refractivity contribution >= 4 is 31.5 Å². The number of sulfonamides is 1. The predicted molar refractivity (Wildman–Crippen MR) is 113 cm³/mol. The highest BCUT2D eigenvalue weighted by Crippen LogP contribution is 2.30. The maximum atomic E-state index is 12.9. The van der Waals surface area contributed by atoms with E-state index >= 15 is 0 Å². The van der Waals surface area contributed by atoms with Crippen molar-refractivity contribution in [2.45, 2.75) is 31.1 Å². The molecule has 174 valence electrons. The molecule has 0 aliphatic carbocycles. The molecule has 1 aliphatic heterocycles. The van der Waals surface area contributed by atoms with Crippen molar-refractivity contribution in [3.8, 4) is 5.75 Å². The quantitative estimate of drug-likeness (QED) is 0.276. The van der Waals surface area contributed by atoms with Gasteiger partial charge in [-0.2, -0.15) is 4.31 Å². The molecule has 1 aliphatic rings. The standard InChI is InChI=1S/C18H27N3O8S2/c1-3-4-5-12-30(25,26)14-18(22)19-8-10-20(11-9-19)31(27,28)15-6-7-17(29-2)16(13-15)21(23)24/h6-7,13H,3-5,8-12,14H2,1-2H3. The minimum absolute atomic E-state index is 0.0379. The number of sulfone groups is 1. The summed E-state index contributed by atoms with van der Waals surface area (Å²) in [6.07, 6.45) is 2.15. The Morgan fingerprint density at radius 1 is 1.13 bits per heavy atom. The Morgan fingerprint density at radius 3 is 2.32 bits per heavy atom. The Bertz CT molecular complexity index is 1020. The van der Waals surface area contributed by atoms with Gasteiger partial charge in [0.2, 0.25) is 15.9 Å². The van der Waals surface area contributed by atoms with Crippen LogP contribution in [-0.4, -0.2) is 81.7 Å². The average molecular weight is 478 g/mol. The number of rotatable bonds is 10. The van der Waals surface area contributed by atoms with E-state index in [1.165, 1.54) is 24.1 Å². The van der Waals surface area contributed by atoms with E-state index < -0.39 is 42.1 Å². The largest absolute Gasteiger partial charge is 0.490 e. The number of piperazine rings is 1. The number of ether oxygens (including phenoxy) is 1. The lowest BCUT2D eigenvalue weighted by molar-refractivity contribution is -0.386. The zero-order valence-corrected chi connectivity index (χ0v) is 19.2. The first-order chi connectivity index (χ1) is 14.5. The van der Waals surface area contributed by atoms with E-state index in [0.717, 1.165) is 23.2 Å². The van der Waals surface area contributed by atoms with Crippen LogP contribution >= 0.6 is 0 Å². The second kappa shape index (κ2) is 10.4. The molecule has 31 heavy (non-hydrogen) atoms. The van der Waals surface area contributed by atoms with Crippen LogP contribution in [-0.2, 0) is 24.7 Å². The number of nitrogens with zero attached hydrogens (tertiary/aromatic N) is 3. The third-order valence-corrected chi connectivity index (χ3v) is 8.47. The molecule has 0 spiro atoms. The van der Waals surface area contributed by atoms with Gasteiger partial charge >= 0.3 is 5.69 Å². The first-order valence-corrected chi connectivity index (χ1v) is 13.1. The van der Waals surface area contributed by atoms with E-state index in [9.17, 15) is 31.7 Å². The zero-order valence-electron chi connectivity index (χ0n) is 17.5. The second-order valence-corrected chi connectivity index (χ2v) is 11.3. The molecular formula is C18H27N3O8S2. The van der Waals surface area contributed by atoms with Gasteiger partial charge in [-0.25, -0.2) is 16.8 Å². The van der Waals surface area contributed by atoms with Crippen LogP contribution in [0.15, 0.2) is 23.1 Å². The second-order valence-electron chi connectivity index (χ2n) is 7.17. The maximum absolute atomic E-state index is 12.9. The lowest BCUT2D eigenvalue weighted by Gasteiger charge is -2.34. The van der Waals surface area contributed by atoms with Crippen LogP contribution in [0.1, 0.15) is 26.2 Å². The van der Waals surface area contributed by atoms with Crippen molar-refractivity contribution in [3.05, 3.63) is 28.3 Å². The molecule has 1 heterocycles. The third kappa shape index (κ3) is 6.37. The molecule has 0 N–H and O–H groups in total. The van der Waals surface area contributed by atoms with Gasteiger partial charge in [0.15, 0.2) is 15.6 Å². The number of carbonyl (C=O) groups is 1. The number of carbonyl (C=O) groups excluding carboxylic acids is 1. The van der Waals surface area contributed by atoms with Crippen LogP contribution in [0, 0.1) is 10.1 Å². The van der Waals surface area contributed by atoms with Crippen LogP contribution < -0.4 is 4.74 Å². The molecule has 1 saturated heterocycles. The predicted octanol–water partition coefficient (Wildman–Crippen LogP) is 1.04. The van der Waals surface area contributed by atoms with Crippen molar-refractivity contribution in [1.82, 2.24) is 9.21 Å². The highest BCUT2D eigenvalue weighted by molar-refractivity contribution is 7.92. The highest BCUT2D eigenvalue weighted by atomic mass is 32.2. The minimum atomic E-state index is -4.03. The first-order valence-electron chi connectivity index (χ1n) is 9.82. The van der Waals surface area contributed by atoms with Gasteiger partial charge < -0.3 is 9.64 Å². The van der Waals surface area contributed by atoms with Crippen LogP contribution in [0.4, 0.5) is 5.69 Å². The molecular weight excluding hydrogens is 450 g/mol. The zero-order chi connectivity index (χ0) is 23.2. The lowest BCUT2D eigenvalue weighted by atomic mass is 10.3. The monoisotopic (exact) mass is 477 g/mol. The summed E-state index contributed by atoms with van der Waals surface area (Å²) in [5.74, 6) is -1.24. The molecule has 0 radical (unpaired) electrons. The summed E-state index contributed by atoms with van der Waals surface area (Å²) in [6.45, 7) is 1.96. The molecule has 13 heteroatoms. The summed E-state index contributed by atoms with van der Waals surface area (Å²) < 4.78 is 55.9. The van der Waals surface area contributed by atoms with Crippen LogP contribution in [0.5, 0.6) is 5.75 Å². The smallest absolute Gasteiger partial charge is 0.312 e. The van der Waals surface area contributed by atoms with E-state index in [1.54, 1.807) is 0 Å². The number of benzene rings is 1. The number of nitro benzene ring substituents is 1. The van der Waals surface area contributed by atoms with Crippen molar-refractivity contribution in [2.75, 3.05) is 44.8 Å². The number of nitro groups is 1. The fourth-order valence-corrected chi connectivity index (χ4v) is 6.01.